The molecule has 0 radical (unpaired) electrons. The molecule has 86 valence electrons. The molecule has 0 fully saturated rings. The molecule has 17 heavy (non-hydrogen) atoms. The lowest BCUT2D eigenvalue weighted by molar-refractivity contribution is -0.678. The summed E-state index contributed by atoms with van der Waals surface area (Å²) >= 11 is 0. The van der Waals surface area contributed by atoms with Crippen molar-refractivity contribution in [2.24, 2.45) is 7.05 Å². The fourth-order valence-corrected chi connectivity index (χ4v) is 1.75. The molecule has 0 saturated heterocycles. The maximum absolute atomic E-state index is 12.1. The molecule has 0 aliphatic carbocycles. The molecule has 0 saturated carbocycles. The van der Waals surface area contributed by atoms with Crippen LogP contribution in [0.2, 0.25) is 0 Å². The van der Waals surface area contributed by atoms with Crippen molar-refractivity contribution in [2.75, 3.05) is 0 Å². The normalized spacial score (nSPS) is 10.2. The van der Waals surface area contributed by atoms with E-state index in [9.17, 15) is 4.79 Å². The molecular weight excluding hydrogens is 210 g/mol. The molecule has 0 N–H and O–H groups in total. The monoisotopic (exact) mass is 226 g/mol. The van der Waals surface area contributed by atoms with Gasteiger partial charge < -0.3 is 0 Å². The number of benzene rings is 1. The number of carbonyl (C=O) groups is 1. The van der Waals surface area contributed by atoms with E-state index in [4.69, 9.17) is 0 Å². The van der Waals surface area contributed by atoms with Crippen LogP contribution < -0.4 is 4.57 Å². The average Bonchev–Trinajstić information content (AvgIpc) is 2.33. The summed E-state index contributed by atoms with van der Waals surface area (Å²) in [6, 6.07) is 13.6. The first kappa shape index (κ1) is 11.5. The van der Waals surface area contributed by atoms with Gasteiger partial charge in [0.25, 0.3) is 0 Å². The highest BCUT2D eigenvalue weighted by atomic mass is 16.1. The van der Waals surface area contributed by atoms with Gasteiger partial charge >= 0.3 is 0 Å². The molecule has 2 heteroatoms. The smallest absolute Gasteiger partial charge is 0.188 e. The van der Waals surface area contributed by atoms with Gasteiger partial charge in [0.1, 0.15) is 7.05 Å². The van der Waals surface area contributed by atoms with Gasteiger partial charge in [-0.3, -0.25) is 4.79 Å². The van der Waals surface area contributed by atoms with Crippen molar-refractivity contribution >= 4 is 5.78 Å². The highest BCUT2D eigenvalue weighted by Gasteiger charge is 2.12. The van der Waals surface area contributed by atoms with Crippen molar-refractivity contribution in [3.63, 3.8) is 0 Å². The maximum Gasteiger partial charge on any atom is 0.188 e. The van der Waals surface area contributed by atoms with Crippen LogP contribution in [0.3, 0.4) is 0 Å². The standard InChI is InChI=1S/C15H16NO/c1-12-6-8-13(9-7-12)15(17)11-14-5-3-4-10-16(14)2/h3-10H,11H2,1-2H3/q+1. The second-order valence-corrected chi connectivity index (χ2v) is 4.27. The van der Waals surface area contributed by atoms with Crippen LogP contribution in [0, 0.1) is 6.92 Å². The largest absolute Gasteiger partial charge is 0.294 e. The van der Waals surface area contributed by atoms with Crippen molar-refractivity contribution < 1.29 is 9.36 Å². The quantitative estimate of drug-likeness (QED) is 0.581. The summed E-state index contributed by atoms with van der Waals surface area (Å²) in [6.07, 6.45) is 2.40. The van der Waals surface area contributed by atoms with E-state index in [1.165, 1.54) is 5.56 Å². The molecule has 2 rings (SSSR count). The fraction of sp³-hybridized carbons (Fsp3) is 0.200. The van der Waals surface area contributed by atoms with Gasteiger partial charge in [0.05, 0.1) is 6.42 Å². The molecule has 0 bridgehead atoms. The molecule has 2 nitrogen and oxygen atoms in total. The first-order chi connectivity index (χ1) is 8.16. The highest BCUT2D eigenvalue weighted by molar-refractivity contribution is 5.97. The van der Waals surface area contributed by atoms with Crippen LogP contribution in [-0.4, -0.2) is 5.78 Å². The number of ketones is 1. The van der Waals surface area contributed by atoms with Crippen LogP contribution in [0.4, 0.5) is 0 Å². The molecule has 0 amide bonds. The minimum absolute atomic E-state index is 0.159. The number of hydrogen-bond donors (Lipinski definition) is 0. The van der Waals surface area contributed by atoms with Crippen LogP contribution in [0.1, 0.15) is 21.6 Å². The van der Waals surface area contributed by atoms with E-state index >= 15 is 0 Å². The lowest BCUT2D eigenvalue weighted by atomic mass is 10.0. The third-order valence-corrected chi connectivity index (χ3v) is 2.88. The summed E-state index contributed by atoms with van der Waals surface area (Å²) in [4.78, 5) is 12.1. The molecule has 0 unspecified atom stereocenters. The Labute approximate surface area is 102 Å². The minimum atomic E-state index is 0.159. The summed E-state index contributed by atoms with van der Waals surface area (Å²) in [5.41, 5.74) is 2.98. The van der Waals surface area contributed by atoms with Gasteiger partial charge in [-0.2, -0.15) is 0 Å². The SMILES string of the molecule is Cc1ccc(C(=O)Cc2cccc[n+]2C)cc1. The van der Waals surface area contributed by atoms with E-state index in [1.807, 2.05) is 67.2 Å². The van der Waals surface area contributed by atoms with Crippen molar-refractivity contribution in [2.45, 2.75) is 13.3 Å². The zero-order valence-corrected chi connectivity index (χ0v) is 10.2. The third kappa shape index (κ3) is 2.78. The van der Waals surface area contributed by atoms with Crippen molar-refractivity contribution in [1.82, 2.24) is 0 Å². The Bertz CT molecular complexity index is 529. The van der Waals surface area contributed by atoms with Crippen LogP contribution in [0.25, 0.3) is 0 Å². The number of nitrogens with zero attached hydrogens (tertiary/aromatic N) is 1. The van der Waals surface area contributed by atoms with Gasteiger partial charge in [-0.15, -0.1) is 0 Å². The van der Waals surface area contributed by atoms with Crippen molar-refractivity contribution in [3.8, 4) is 0 Å². The number of hydrogen-bond acceptors (Lipinski definition) is 1. The highest BCUT2D eigenvalue weighted by Crippen LogP contribution is 2.06. The Morgan fingerprint density at radius 2 is 1.82 bits per heavy atom. The Hall–Kier alpha value is -1.96. The van der Waals surface area contributed by atoms with E-state index in [1.54, 1.807) is 0 Å². The summed E-state index contributed by atoms with van der Waals surface area (Å²) in [7, 11) is 1.96. The van der Waals surface area contributed by atoms with E-state index < -0.39 is 0 Å². The topological polar surface area (TPSA) is 20.9 Å². The zero-order chi connectivity index (χ0) is 12.3. The van der Waals surface area contributed by atoms with Gasteiger partial charge in [-0.1, -0.05) is 35.9 Å². The van der Waals surface area contributed by atoms with Crippen LogP contribution in [0.15, 0.2) is 48.7 Å². The van der Waals surface area contributed by atoms with Gasteiger partial charge in [0.2, 0.25) is 0 Å². The van der Waals surface area contributed by atoms with E-state index in [-0.39, 0.29) is 5.78 Å². The summed E-state index contributed by atoms with van der Waals surface area (Å²) < 4.78 is 1.98. The Morgan fingerprint density at radius 1 is 1.12 bits per heavy atom. The number of aryl methyl sites for hydroxylation is 2. The molecule has 0 spiro atoms. The van der Waals surface area contributed by atoms with Crippen molar-refractivity contribution in [3.05, 3.63) is 65.5 Å². The average molecular weight is 226 g/mol. The van der Waals surface area contributed by atoms with Crippen LogP contribution in [-0.2, 0) is 13.5 Å². The van der Waals surface area contributed by atoms with Gasteiger partial charge in [0, 0.05) is 17.7 Å². The molecule has 1 aromatic carbocycles. The number of aromatic nitrogens is 1. The van der Waals surface area contributed by atoms with Gasteiger partial charge in [0.15, 0.2) is 17.7 Å². The third-order valence-electron chi connectivity index (χ3n) is 2.88. The number of carbonyl (C=O) groups excluding carboxylic acids is 1. The van der Waals surface area contributed by atoms with Gasteiger partial charge in [-0.05, 0) is 6.92 Å². The first-order valence-electron chi connectivity index (χ1n) is 5.70. The molecular formula is C15H16NO+. The Morgan fingerprint density at radius 3 is 2.47 bits per heavy atom. The first-order valence-corrected chi connectivity index (χ1v) is 5.70. The predicted octanol–water partition coefficient (Wildman–Crippen LogP) is 2.24. The summed E-state index contributed by atoms with van der Waals surface area (Å²) in [6.45, 7) is 2.02. The van der Waals surface area contributed by atoms with E-state index in [0.717, 1.165) is 11.3 Å². The van der Waals surface area contributed by atoms with Crippen LogP contribution >= 0.6 is 0 Å². The second-order valence-electron chi connectivity index (χ2n) is 4.27. The second kappa shape index (κ2) is 4.91. The minimum Gasteiger partial charge on any atom is -0.294 e. The number of pyridine rings is 1. The summed E-state index contributed by atoms with van der Waals surface area (Å²) in [5, 5.41) is 0. The predicted molar refractivity (Wildman–Crippen MR) is 66.8 cm³/mol. The molecule has 0 aliphatic rings. The summed E-state index contributed by atoms with van der Waals surface area (Å²) in [5.74, 6) is 0.159. The van der Waals surface area contributed by atoms with Crippen LogP contribution in [0.5, 0.6) is 0 Å². The lowest BCUT2D eigenvalue weighted by Crippen LogP contribution is -2.33. The molecule has 0 aliphatic heterocycles. The number of rotatable bonds is 3. The van der Waals surface area contributed by atoms with Crippen molar-refractivity contribution in [1.29, 1.82) is 0 Å². The molecule has 1 heterocycles. The van der Waals surface area contributed by atoms with E-state index in [0.29, 0.717) is 6.42 Å². The zero-order valence-electron chi connectivity index (χ0n) is 10.2. The maximum atomic E-state index is 12.1. The number of Topliss-reactive ketones (excluding diaryl/α,β-unsaturated/α-hetero) is 1. The Kier molecular flexibility index (Phi) is 3.33. The molecule has 2 aromatic rings. The van der Waals surface area contributed by atoms with E-state index in [2.05, 4.69) is 0 Å². The molecule has 1 aromatic heterocycles. The Balaban J connectivity index is 2.17. The fourth-order valence-electron chi connectivity index (χ4n) is 1.75. The lowest BCUT2D eigenvalue weighted by Gasteiger charge is -2.01. The van der Waals surface area contributed by atoms with Gasteiger partial charge in [-0.25, -0.2) is 4.57 Å². The molecule has 0 atom stereocenters.